The minimum Gasteiger partial charge on any atom is -0.497 e. The zero-order valence-electron chi connectivity index (χ0n) is 15.8. The van der Waals surface area contributed by atoms with Crippen LogP contribution < -0.4 is 9.47 Å². The predicted molar refractivity (Wildman–Crippen MR) is 104 cm³/mol. The molecule has 0 atom stereocenters. The summed E-state index contributed by atoms with van der Waals surface area (Å²) in [7, 11) is 1.66. The van der Waals surface area contributed by atoms with Gasteiger partial charge in [-0.2, -0.15) is 0 Å². The molecule has 2 aromatic carbocycles. The van der Waals surface area contributed by atoms with Gasteiger partial charge in [0.25, 0.3) is 0 Å². The summed E-state index contributed by atoms with van der Waals surface area (Å²) in [5.41, 5.74) is 0. The van der Waals surface area contributed by atoms with Gasteiger partial charge in [-0.3, -0.25) is 0 Å². The smallest absolute Gasteiger partial charge is 0.208 e. The van der Waals surface area contributed by atoms with Crippen molar-refractivity contribution in [1.82, 2.24) is 0 Å². The normalized spacial score (nSPS) is 10.6. The SMILES string of the molecule is CCCCC(O)(CCCC)Oc1ccccc1.COc1ccccc1. The summed E-state index contributed by atoms with van der Waals surface area (Å²) < 4.78 is 10.7. The molecule has 25 heavy (non-hydrogen) atoms. The molecular weight excluding hydrogens is 312 g/mol. The van der Waals surface area contributed by atoms with Crippen molar-refractivity contribution in [1.29, 1.82) is 0 Å². The molecule has 1 N–H and O–H groups in total. The molecule has 2 rings (SSSR count). The minimum absolute atomic E-state index is 0.707. The highest BCUT2D eigenvalue weighted by Gasteiger charge is 2.27. The molecule has 0 aliphatic carbocycles. The first-order valence-electron chi connectivity index (χ1n) is 9.19. The molecule has 0 amide bonds. The van der Waals surface area contributed by atoms with Crippen LogP contribution in [0.15, 0.2) is 60.7 Å². The van der Waals surface area contributed by atoms with Crippen molar-refractivity contribution in [2.45, 2.75) is 58.2 Å². The second-order valence-corrected chi connectivity index (χ2v) is 6.09. The molecule has 0 radical (unpaired) electrons. The van der Waals surface area contributed by atoms with Crippen LogP contribution in [0, 0.1) is 0 Å². The van der Waals surface area contributed by atoms with E-state index >= 15 is 0 Å². The Morgan fingerprint density at radius 3 is 1.56 bits per heavy atom. The third kappa shape index (κ3) is 9.16. The topological polar surface area (TPSA) is 38.7 Å². The largest absolute Gasteiger partial charge is 0.497 e. The van der Waals surface area contributed by atoms with Gasteiger partial charge in [-0.25, -0.2) is 0 Å². The van der Waals surface area contributed by atoms with E-state index in [4.69, 9.17) is 9.47 Å². The van der Waals surface area contributed by atoms with Crippen molar-refractivity contribution < 1.29 is 14.6 Å². The first-order valence-corrected chi connectivity index (χ1v) is 9.19. The molecule has 3 heteroatoms. The molecule has 2 aromatic rings. The zero-order valence-corrected chi connectivity index (χ0v) is 15.8. The maximum Gasteiger partial charge on any atom is 0.208 e. The lowest BCUT2D eigenvalue weighted by atomic mass is 10.0. The first kappa shape index (κ1) is 21.0. The third-order valence-corrected chi connectivity index (χ3v) is 3.87. The van der Waals surface area contributed by atoms with Crippen LogP contribution in [-0.4, -0.2) is 18.0 Å². The number of aliphatic hydroxyl groups is 1. The molecule has 0 aliphatic heterocycles. The van der Waals surface area contributed by atoms with E-state index in [1.54, 1.807) is 7.11 Å². The average Bonchev–Trinajstić information content (AvgIpc) is 2.67. The second-order valence-electron chi connectivity index (χ2n) is 6.09. The molecule has 0 saturated heterocycles. The summed E-state index contributed by atoms with van der Waals surface area (Å²) >= 11 is 0. The Bertz CT molecular complexity index is 532. The summed E-state index contributed by atoms with van der Waals surface area (Å²) in [6.45, 7) is 4.26. The zero-order chi connectivity index (χ0) is 18.4. The standard InChI is InChI=1S/C15H24O2.C7H8O/c1-3-5-12-15(16,13-6-4-2)17-14-10-8-7-9-11-14;1-8-7-5-3-2-4-6-7/h7-11,16H,3-6,12-13H2,1-2H3;2-6H,1H3. The fourth-order valence-corrected chi connectivity index (χ4v) is 2.40. The number of methoxy groups -OCH3 is 1. The number of unbranched alkanes of at least 4 members (excludes halogenated alkanes) is 2. The number of ether oxygens (including phenoxy) is 2. The Hall–Kier alpha value is -2.00. The van der Waals surface area contributed by atoms with Gasteiger partial charge < -0.3 is 14.6 Å². The minimum atomic E-state index is -0.993. The van der Waals surface area contributed by atoms with Crippen molar-refractivity contribution in [3.63, 3.8) is 0 Å². The van der Waals surface area contributed by atoms with E-state index in [2.05, 4.69) is 13.8 Å². The van der Waals surface area contributed by atoms with Crippen LogP contribution in [0.1, 0.15) is 52.4 Å². The highest BCUT2D eigenvalue weighted by atomic mass is 16.6. The van der Waals surface area contributed by atoms with E-state index in [0.29, 0.717) is 12.8 Å². The van der Waals surface area contributed by atoms with E-state index in [1.165, 1.54) is 0 Å². The van der Waals surface area contributed by atoms with Crippen molar-refractivity contribution in [2.75, 3.05) is 7.11 Å². The summed E-state index contributed by atoms with van der Waals surface area (Å²) in [4.78, 5) is 0. The Kier molecular flexibility index (Phi) is 10.4. The van der Waals surface area contributed by atoms with Crippen LogP contribution in [0.2, 0.25) is 0 Å². The lowest BCUT2D eigenvalue weighted by Gasteiger charge is -2.29. The highest BCUT2D eigenvalue weighted by molar-refractivity contribution is 5.21. The molecule has 0 spiro atoms. The number of para-hydroxylation sites is 2. The monoisotopic (exact) mass is 344 g/mol. The molecule has 3 nitrogen and oxygen atoms in total. The lowest BCUT2D eigenvalue weighted by Crippen LogP contribution is -2.35. The van der Waals surface area contributed by atoms with Crippen molar-refractivity contribution >= 4 is 0 Å². The van der Waals surface area contributed by atoms with E-state index in [9.17, 15) is 5.11 Å². The van der Waals surface area contributed by atoms with Gasteiger partial charge in [0.15, 0.2) is 0 Å². The van der Waals surface area contributed by atoms with E-state index in [-0.39, 0.29) is 0 Å². The Morgan fingerprint density at radius 1 is 0.760 bits per heavy atom. The third-order valence-electron chi connectivity index (χ3n) is 3.87. The Balaban J connectivity index is 0.000000324. The molecule has 0 fully saturated rings. The number of hydrogen-bond donors (Lipinski definition) is 1. The molecule has 0 aliphatic rings. The molecular formula is C22H32O3. The molecule has 0 heterocycles. The van der Waals surface area contributed by atoms with E-state index in [1.807, 2.05) is 60.7 Å². The summed E-state index contributed by atoms with van der Waals surface area (Å²) in [5.74, 6) is 0.669. The van der Waals surface area contributed by atoms with Crippen molar-refractivity contribution in [2.24, 2.45) is 0 Å². The quantitative estimate of drug-likeness (QED) is 0.582. The summed E-state index contributed by atoms with van der Waals surface area (Å²) in [6.07, 6.45) is 5.55. The highest BCUT2D eigenvalue weighted by Crippen LogP contribution is 2.25. The van der Waals surface area contributed by atoms with Crippen LogP contribution in [0.5, 0.6) is 11.5 Å². The number of hydrogen-bond acceptors (Lipinski definition) is 3. The van der Waals surface area contributed by atoms with Crippen LogP contribution in [0.4, 0.5) is 0 Å². The Labute approximate surface area is 152 Å². The van der Waals surface area contributed by atoms with Crippen LogP contribution in [0.25, 0.3) is 0 Å². The van der Waals surface area contributed by atoms with Crippen molar-refractivity contribution in [3.8, 4) is 11.5 Å². The predicted octanol–water partition coefficient (Wildman–Crippen LogP) is 5.83. The van der Waals surface area contributed by atoms with Gasteiger partial charge in [-0.05, 0) is 37.1 Å². The fourth-order valence-electron chi connectivity index (χ4n) is 2.40. The first-order chi connectivity index (χ1) is 12.1. The number of rotatable bonds is 9. The van der Waals surface area contributed by atoms with Crippen LogP contribution in [-0.2, 0) is 0 Å². The lowest BCUT2D eigenvalue weighted by molar-refractivity contribution is -0.149. The van der Waals surface area contributed by atoms with Crippen LogP contribution in [0.3, 0.4) is 0 Å². The second kappa shape index (κ2) is 12.4. The van der Waals surface area contributed by atoms with Gasteiger partial charge in [-0.1, -0.05) is 63.1 Å². The molecule has 0 unspecified atom stereocenters. The van der Waals surface area contributed by atoms with E-state index < -0.39 is 5.79 Å². The maximum atomic E-state index is 10.5. The maximum absolute atomic E-state index is 10.5. The van der Waals surface area contributed by atoms with Gasteiger partial charge in [0.05, 0.1) is 7.11 Å². The summed E-state index contributed by atoms with van der Waals surface area (Å²) in [5, 5.41) is 10.5. The molecule has 0 saturated carbocycles. The van der Waals surface area contributed by atoms with E-state index in [0.717, 1.165) is 37.2 Å². The summed E-state index contributed by atoms with van der Waals surface area (Å²) in [6, 6.07) is 19.3. The molecule has 0 bridgehead atoms. The van der Waals surface area contributed by atoms with Gasteiger partial charge in [0.1, 0.15) is 11.5 Å². The van der Waals surface area contributed by atoms with Gasteiger partial charge in [-0.15, -0.1) is 0 Å². The fraction of sp³-hybridized carbons (Fsp3) is 0.455. The van der Waals surface area contributed by atoms with Gasteiger partial charge >= 0.3 is 0 Å². The average molecular weight is 344 g/mol. The molecule has 0 aromatic heterocycles. The number of benzene rings is 2. The van der Waals surface area contributed by atoms with Gasteiger partial charge in [0, 0.05) is 12.8 Å². The molecule has 138 valence electrons. The van der Waals surface area contributed by atoms with Crippen LogP contribution >= 0.6 is 0 Å². The van der Waals surface area contributed by atoms with Gasteiger partial charge in [0.2, 0.25) is 5.79 Å². The Morgan fingerprint density at radius 2 is 1.20 bits per heavy atom. The van der Waals surface area contributed by atoms with Crippen molar-refractivity contribution in [3.05, 3.63) is 60.7 Å².